The van der Waals surface area contributed by atoms with E-state index in [1.165, 1.54) is 5.56 Å². The van der Waals surface area contributed by atoms with Crippen LogP contribution >= 0.6 is 0 Å². The molecule has 1 amide bonds. The molecule has 3 aromatic carbocycles. The van der Waals surface area contributed by atoms with Gasteiger partial charge in [0.1, 0.15) is 5.75 Å². The van der Waals surface area contributed by atoms with Crippen molar-refractivity contribution >= 4 is 5.91 Å². The average molecular weight is 437 g/mol. The van der Waals surface area contributed by atoms with Gasteiger partial charge in [0.15, 0.2) is 6.61 Å². The third-order valence-corrected chi connectivity index (χ3v) is 5.24. The molecule has 0 aliphatic rings. The summed E-state index contributed by atoms with van der Waals surface area (Å²) in [4.78, 5) is 12.3. The van der Waals surface area contributed by atoms with Crippen molar-refractivity contribution < 1.29 is 9.53 Å². The molecule has 0 saturated heterocycles. The van der Waals surface area contributed by atoms with Gasteiger partial charge in [0.05, 0.1) is 19.0 Å². The fourth-order valence-corrected chi connectivity index (χ4v) is 3.52. The number of carbonyl (C=O) groups excluding carboxylic acids is 1. The highest BCUT2D eigenvalue weighted by atomic mass is 16.5. The number of nitrogens with zero attached hydrogens (tertiary/aromatic N) is 3. The average Bonchev–Trinajstić information content (AvgIpc) is 3.36. The number of ether oxygens (including phenoxy) is 1. The van der Waals surface area contributed by atoms with Crippen LogP contribution in [0.2, 0.25) is 0 Å². The third-order valence-electron chi connectivity index (χ3n) is 5.24. The Hall–Kier alpha value is -4.37. The molecule has 0 aliphatic carbocycles. The number of aromatic nitrogens is 2. The van der Waals surface area contributed by atoms with Gasteiger partial charge in [-0.25, -0.2) is 0 Å². The van der Waals surface area contributed by atoms with Crippen LogP contribution in [-0.4, -0.2) is 22.3 Å². The monoisotopic (exact) mass is 436 g/mol. The lowest BCUT2D eigenvalue weighted by Gasteiger charge is -2.12. The largest absolute Gasteiger partial charge is 0.484 e. The van der Waals surface area contributed by atoms with E-state index in [9.17, 15) is 4.79 Å². The molecule has 0 unspecified atom stereocenters. The van der Waals surface area contributed by atoms with Crippen LogP contribution in [0.5, 0.6) is 5.75 Å². The zero-order valence-corrected chi connectivity index (χ0v) is 18.1. The van der Waals surface area contributed by atoms with E-state index in [0.29, 0.717) is 18.7 Å². The zero-order chi connectivity index (χ0) is 22.9. The Kier molecular flexibility index (Phi) is 7.14. The Morgan fingerprint density at radius 1 is 0.970 bits per heavy atom. The molecule has 6 nitrogen and oxygen atoms in total. The van der Waals surface area contributed by atoms with E-state index < -0.39 is 0 Å². The van der Waals surface area contributed by atoms with Gasteiger partial charge in [0.2, 0.25) is 0 Å². The molecule has 0 radical (unpaired) electrons. The summed E-state index contributed by atoms with van der Waals surface area (Å²) < 4.78 is 7.45. The molecule has 0 spiro atoms. The minimum Gasteiger partial charge on any atom is -0.484 e. The molecule has 0 bridgehead atoms. The summed E-state index contributed by atoms with van der Waals surface area (Å²) in [7, 11) is 0. The Balaban J connectivity index is 1.33. The van der Waals surface area contributed by atoms with Gasteiger partial charge in [-0.2, -0.15) is 10.4 Å². The highest BCUT2D eigenvalue weighted by molar-refractivity contribution is 5.78. The van der Waals surface area contributed by atoms with Crippen LogP contribution < -0.4 is 10.1 Å². The molecule has 4 rings (SSSR count). The summed E-state index contributed by atoms with van der Waals surface area (Å²) in [5.74, 6) is 0.405. The Labute approximate surface area is 193 Å². The second-order valence-electron chi connectivity index (χ2n) is 7.60. The molecule has 1 heterocycles. The predicted octanol–water partition coefficient (Wildman–Crippen LogP) is 4.36. The molecule has 33 heavy (non-hydrogen) atoms. The van der Waals surface area contributed by atoms with Crippen LogP contribution in [0.4, 0.5) is 0 Å². The summed E-state index contributed by atoms with van der Waals surface area (Å²) in [5, 5.41) is 15.9. The van der Waals surface area contributed by atoms with E-state index in [0.717, 1.165) is 28.8 Å². The molecule has 0 atom stereocenters. The topological polar surface area (TPSA) is 79.9 Å². The fourth-order valence-electron chi connectivity index (χ4n) is 3.52. The molecule has 1 N–H and O–H groups in total. The quantitative estimate of drug-likeness (QED) is 0.423. The smallest absolute Gasteiger partial charge is 0.258 e. The van der Waals surface area contributed by atoms with Gasteiger partial charge in [-0.3, -0.25) is 9.48 Å². The molecule has 164 valence electrons. The van der Waals surface area contributed by atoms with Gasteiger partial charge in [-0.05, 0) is 46.0 Å². The number of nitriles is 1. The van der Waals surface area contributed by atoms with Gasteiger partial charge >= 0.3 is 0 Å². The molecular formula is C27H24N4O2. The normalized spacial score (nSPS) is 10.4. The summed E-state index contributed by atoms with van der Waals surface area (Å²) in [6.07, 6.45) is 4.07. The van der Waals surface area contributed by atoms with Crippen molar-refractivity contribution in [1.82, 2.24) is 15.1 Å². The molecule has 0 saturated carbocycles. The SMILES string of the molecule is N#CCc1ccc(OCC(=O)NCc2ccccc2-c2ccc(Cn3cccn3)cc2)cc1. The summed E-state index contributed by atoms with van der Waals surface area (Å²) in [6, 6.07) is 27.6. The third kappa shape index (κ3) is 6.08. The lowest BCUT2D eigenvalue weighted by molar-refractivity contribution is -0.123. The number of hydrogen-bond acceptors (Lipinski definition) is 4. The Morgan fingerprint density at radius 3 is 2.45 bits per heavy atom. The minimum absolute atomic E-state index is 0.0676. The Bertz CT molecular complexity index is 1220. The highest BCUT2D eigenvalue weighted by Crippen LogP contribution is 2.24. The van der Waals surface area contributed by atoms with E-state index in [1.54, 1.807) is 18.3 Å². The van der Waals surface area contributed by atoms with Crippen LogP contribution in [0.25, 0.3) is 11.1 Å². The summed E-state index contributed by atoms with van der Waals surface area (Å²) >= 11 is 0. The minimum atomic E-state index is -0.194. The van der Waals surface area contributed by atoms with E-state index in [1.807, 2.05) is 47.3 Å². The first-order valence-corrected chi connectivity index (χ1v) is 10.7. The molecule has 6 heteroatoms. The number of carbonyl (C=O) groups is 1. The Morgan fingerprint density at radius 2 is 1.73 bits per heavy atom. The van der Waals surface area contributed by atoms with Crippen LogP contribution in [0, 0.1) is 11.3 Å². The van der Waals surface area contributed by atoms with Crippen molar-refractivity contribution in [2.45, 2.75) is 19.5 Å². The van der Waals surface area contributed by atoms with Crippen LogP contribution in [0.1, 0.15) is 16.7 Å². The van der Waals surface area contributed by atoms with Gasteiger partial charge < -0.3 is 10.1 Å². The summed E-state index contributed by atoms with van der Waals surface area (Å²) in [6.45, 7) is 1.07. The zero-order valence-electron chi connectivity index (χ0n) is 18.1. The van der Waals surface area contributed by atoms with Crippen LogP contribution in [0.15, 0.2) is 91.3 Å². The molecule has 0 fully saturated rings. The van der Waals surface area contributed by atoms with Crippen LogP contribution in [0.3, 0.4) is 0 Å². The van der Waals surface area contributed by atoms with Gasteiger partial charge in [-0.15, -0.1) is 0 Å². The van der Waals surface area contributed by atoms with Gasteiger partial charge in [0, 0.05) is 18.9 Å². The summed E-state index contributed by atoms with van der Waals surface area (Å²) in [5.41, 5.74) is 5.30. The first-order valence-electron chi connectivity index (χ1n) is 10.7. The van der Waals surface area contributed by atoms with Gasteiger partial charge in [0.25, 0.3) is 5.91 Å². The van der Waals surface area contributed by atoms with E-state index >= 15 is 0 Å². The predicted molar refractivity (Wildman–Crippen MR) is 126 cm³/mol. The maximum absolute atomic E-state index is 12.3. The van der Waals surface area contributed by atoms with Crippen molar-refractivity contribution in [3.05, 3.63) is 108 Å². The number of rotatable bonds is 9. The van der Waals surface area contributed by atoms with Crippen molar-refractivity contribution in [2.24, 2.45) is 0 Å². The molecule has 1 aromatic heterocycles. The standard InChI is InChI=1S/C27H24N4O2/c28-15-14-21-8-12-25(13-9-21)33-20-27(32)29-18-24-4-1-2-5-26(24)23-10-6-22(7-11-23)19-31-17-3-16-30-31/h1-13,16-17H,14,18-20H2,(H,29,32). The van der Waals surface area contributed by atoms with E-state index in [2.05, 4.69) is 46.8 Å². The van der Waals surface area contributed by atoms with Crippen molar-refractivity contribution in [3.8, 4) is 22.9 Å². The molecular weight excluding hydrogens is 412 g/mol. The molecule has 4 aromatic rings. The van der Waals surface area contributed by atoms with Crippen molar-refractivity contribution in [2.75, 3.05) is 6.61 Å². The lowest BCUT2D eigenvalue weighted by atomic mass is 9.98. The van der Waals surface area contributed by atoms with Crippen LogP contribution in [-0.2, 0) is 24.3 Å². The van der Waals surface area contributed by atoms with Gasteiger partial charge in [-0.1, -0.05) is 60.7 Å². The highest BCUT2D eigenvalue weighted by Gasteiger charge is 2.08. The van der Waals surface area contributed by atoms with Crippen molar-refractivity contribution in [1.29, 1.82) is 5.26 Å². The van der Waals surface area contributed by atoms with E-state index in [-0.39, 0.29) is 12.5 Å². The number of benzene rings is 3. The molecule has 0 aliphatic heterocycles. The second-order valence-corrected chi connectivity index (χ2v) is 7.60. The lowest BCUT2D eigenvalue weighted by Crippen LogP contribution is -2.28. The first kappa shape index (κ1) is 21.8. The first-order chi connectivity index (χ1) is 16.2. The second kappa shape index (κ2) is 10.8. The number of hydrogen-bond donors (Lipinski definition) is 1. The number of amides is 1. The van der Waals surface area contributed by atoms with Crippen molar-refractivity contribution in [3.63, 3.8) is 0 Å². The fraction of sp³-hybridized carbons (Fsp3) is 0.148. The maximum Gasteiger partial charge on any atom is 0.258 e. The maximum atomic E-state index is 12.3. The van der Waals surface area contributed by atoms with E-state index in [4.69, 9.17) is 10.00 Å². The number of nitrogens with one attached hydrogen (secondary N) is 1.